The first-order valence-electron chi connectivity index (χ1n) is 14.4. The summed E-state index contributed by atoms with van der Waals surface area (Å²) in [5, 5.41) is 8.25. The minimum absolute atomic E-state index is 0.0585. The zero-order valence-corrected chi connectivity index (χ0v) is 24.1. The molecule has 4 aliphatic heterocycles. The van der Waals surface area contributed by atoms with Crippen molar-refractivity contribution in [2.24, 2.45) is 11.7 Å². The molecular formula is C31H40N4O7. The maximum atomic E-state index is 13.5. The number of carbonyl (C=O) groups excluding carboxylic acids is 4. The number of hydrogen-bond acceptors (Lipinski definition) is 8. The number of esters is 1. The summed E-state index contributed by atoms with van der Waals surface area (Å²) in [6.45, 7) is 2.29. The highest BCUT2D eigenvalue weighted by Gasteiger charge is 2.40. The van der Waals surface area contributed by atoms with E-state index in [4.69, 9.17) is 19.9 Å². The van der Waals surface area contributed by atoms with Crippen LogP contribution in [0.25, 0.3) is 0 Å². The Morgan fingerprint density at radius 2 is 1.62 bits per heavy atom. The van der Waals surface area contributed by atoms with Crippen LogP contribution in [0.1, 0.15) is 43.7 Å². The van der Waals surface area contributed by atoms with Crippen molar-refractivity contribution in [1.29, 1.82) is 0 Å². The van der Waals surface area contributed by atoms with Gasteiger partial charge >= 0.3 is 5.97 Å². The van der Waals surface area contributed by atoms with Crippen molar-refractivity contribution in [3.63, 3.8) is 0 Å². The first-order valence-corrected chi connectivity index (χ1v) is 14.4. The molecule has 1 aliphatic carbocycles. The van der Waals surface area contributed by atoms with Gasteiger partial charge in [-0.1, -0.05) is 24.3 Å². The molecule has 7 rings (SSSR count). The van der Waals surface area contributed by atoms with E-state index in [1.165, 1.54) is 14.0 Å². The smallest absolute Gasteiger partial charge is 0.328 e. The molecule has 5 atom stereocenters. The average Bonchev–Trinajstić information content (AvgIpc) is 3.72. The molecule has 0 saturated heterocycles. The highest BCUT2D eigenvalue weighted by Crippen LogP contribution is 2.35. The van der Waals surface area contributed by atoms with Crippen molar-refractivity contribution in [2.45, 2.75) is 69.7 Å². The largest absolute Gasteiger partial charge is 0.493 e. The normalized spacial score (nSPS) is 24.4. The minimum Gasteiger partial charge on any atom is -0.493 e. The van der Waals surface area contributed by atoms with Gasteiger partial charge in [-0.2, -0.15) is 0 Å². The Bertz CT molecular complexity index is 1230. The monoisotopic (exact) mass is 580 g/mol. The molecule has 2 aromatic rings. The van der Waals surface area contributed by atoms with Gasteiger partial charge in [0.2, 0.25) is 17.7 Å². The lowest BCUT2D eigenvalue weighted by Gasteiger charge is -2.25. The van der Waals surface area contributed by atoms with E-state index in [0.29, 0.717) is 43.9 Å². The van der Waals surface area contributed by atoms with Gasteiger partial charge in [0, 0.05) is 25.7 Å². The summed E-state index contributed by atoms with van der Waals surface area (Å²) in [7, 11) is 1.26. The van der Waals surface area contributed by atoms with Gasteiger partial charge in [0.05, 0.1) is 13.7 Å². The van der Waals surface area contributed by atoms with E-state index in [1.807, 2.05) is 48.5 Å². The molecule has 3 amide bonds. The van der Waals surface area contributed by atoms with Gasteiger partial charge in [0.15, 0.2) is 0 Å². The van der Waals surface area contributed by atoms with E-state index in [2.05, 4.69) is 16.0 Å². The van der Waals surface area contributed by atoms with Crippen molar-refractivity contribution in [3.05, 3.63) is 59.7 Å². The third-order valence-corrected chi connectivity index (χ3v) is 7.41. The zero-order chi connectivity index (χ0) is 30.1. The van der Waals surface area contributed by atoms with Crippen molar-refractivity contribution in [1.82, 2.24) is 16.0 Å². The summed E-state index contributed by atoms with van der Waals surface area (Å²) in [6.07, 6.45) is 2.87. The van der Waals surface area contributed by atoms with Gasteiger partial charge < -0.3 is 35.9 Å². The maximum Gasteiger partial charge on any atom is 0.328 e. The lowest BCUT2D eigenvalue weighted by atomic mass is 10.0. The third kappa shape index (κ3) is 8.94. The second kappa shape index (κ2) is 14.7. The van der Waals surface area contributed by atoms with E-state index in [9.17, 15) is 19.2 Å². The summed E-state index contributed by atoms with van der Waals surface area (Å²) in [6, 6.07) is 11.9. The quantitative estimate of drug-likeness (QED) is 0.295. The van der Waals surface area contributed by atoms with Crippen LogP contribution in [-0.2, 0) is 36.8 Å². The Labute approximate surface area is 245 Å². The molecule has 11 heteroatoms. The fraction of sp³-hybridized carbons (Fsp3) is 0.484. The van der Waals surface area contributed by atoms with E-state index in [0.717, 1.165) is 17.5 Å². The number of nitrogens with one attached hydrogen (secondary N) is 3. The van der Waals surface area contributed by atoms with E-state index in [1.54, 1.807) is 0 Å². The molecule has 5 N–H and O–H groups in total. The van der Waals surface area contributed by atoms with Gasteiger partial charge in [-0.25, -0.2) is 4.79 Å². The van der Waals surface area contributed by atoms with Gasteiger partial charge in [-0.15, -0.1) is 0 Å². The molecule has 4 heterocycles. The SMILES string of the molecule is COC(=O)[C@@H]1Cc2ccc(cc2)OC2CC2COc2ccc(cc2)C[C@H](NC(C)=O)C(=O)N[C@H](CCCCN)C(=O)N1. The first-order chi connectivity index (χ1) is 20.2. The van der Waals surface area contributed by atoms with Crippen LogP contribution in [0.2, 0.25) is 0 Å². The molecule has 42 heavy (non-hydrogen) atoms. The zero-order valence-electron chi connectivity index (χ0n) is 24.1. The van der Waals surface area contributed by atoms with Crippen LogP contribution in [0.15, 0.2) is 48.5 Å². The molecular weight excluding hydrogens is 540 g/mol. The summed E-state index contributed by atoms with van der Waals surface area (Å²) in [5.41, 5.74) is 7.26. The maximum absolute atomic E-state index is 13.5. The number of benzene rings is 2. The predicted octanol–water partition coefficient (Wildman–Crippen LogP) is 1.41. The Balaban J connectivity index is 1.60. The topological polar surface area (TPSA) is 158 Å². The van der Waals surface area contributed by atoms with E-state index >= 15 is 0 Å². The van der Waals surface area contributed by atoms with Crippen molar-refractivity contribution < 1.29 is 33.4 Å². The van der Waals surface area contributed by atoms with Gasteiger partial charge in [0.25, 0.3) is 0 Å². The molecule has 0 radical (unpaired) electrons. The predicted molar refractivity (Wildman–Crippen MR) is 155 cm³/mol. The molecule has 2 unspecified atom stereocenters. The molecule has 1 saturated carbocycles. The molecule has 0 spiro atoms. The second-order valence-corrected chi connectivity index (χ2v) is 10.8. The van der Waals surface area contributed by atoms with Crippen molar-refractivity contribution in [3.8, 4) is 11.5 Å². The van der Waals surface area contributed by atoms with E-state index < -0.39 is 35.9 Å². The number of carbonyl (C=O) groups is 4. The van der Waals surface area contributed by atoms with Gasteiger partial charge in [-0.05, 0) is 67.6 Å². The Kier molecular flexibility index (Phi) is 10.8. The number of methoxy groups -OCH3 is 1. The Hall–Kier alpha value is -4.12. The summed E-state index contributed by atoms with van der Waals surface area (Å²) in [5.74, 6) is -0.330. The lowest BCUT2D eigenvalue weighted by molar-refractivity contribution is -0.145. The molecule has 2 aromatic carbocycles. The van der Waals surface area contributed by atoms with Crippen LogP contribution < -0.4 is 31.2 Å². The number of ether oxygens (including phenoxy) is 3. The minimum atomic E-state index is -0.976. The highest BCUT2D eigenvalue weighted by molar-refractivity contribution is 5.93. The number of hydrogen-bond donors (Lipinski definition) is 4. The molecule has 0 aromatic heterocycles. The number of unbranched alkanes of at least 4 members (excludes halogenated alkanes) is 1. The Morgan fingerprint density at radius 1 is 0.952 bits per heavy atom. The van der Waals surface area contributed by atoms with Crippen LogP contribution in [0.4, 0.5) is 0 Å². The second-order valence-electron chi connectivity index (χ2n) is 10.8. The van der Waals surface area contributed by atoms with Gasteiger partial charge in [-0.3, -0.25) is 14.4 Å². The van der Waals surface area contributed by atoms with E-state index in [-0.39, 0.29) is 30.8 Å². The highest BCUT2D eigenvalue weighted by atomic mass is 16.5. The standard InChI is InChI=1S/C31H40N4O7/c1-19(36)33-26-15-20-6-10-23(11-7-20)41-18-22-17-28(22)42-24-12-8-21(9-13-24)16-27(31(39)40-2)35-29(37)25(34-30(26)38)5-3-4-14-32/h6-13,22,25-28H,3-5,14-18,32H2,1-2H3,(H,33,36)(H,34,38)(H,35,37)/t22?,25-,26+,27+,28?/m1/s1. The fourth-order valence-electron chi connectivity index (χ4n) is 4.91. The van der Waals surface area contributed by atoms with Crippen molar-refractivity contribution >= 4 is 23.7 Å². The first kappa shape index (κ1) is 30.8. The molecule has 1 fully saturated rings. The number of amides is 3. The third-order valence-electron chi connectivity index (χ3n) is 7.41. The average molecular weight is 581 g/mol. The number of nitrogens with two attached hydrogens (primary N) is 1. The molecule has 4 bridgehead atoms. The van der Waals surface area contributed by atoms with Gasteiger partial charge in [0.1, 0.15) is 35.7 Å². The lowest BCUT2D eigenvalue weighted by Crippen LogP contribution is -2.56. The molecule has 226 valence electrons. The number of rotatable bonds is 6. The van der Waals surface area contributed by atoms with Crippen LogP contribution in [0.5, 0.6) is 11.5 Å². The molecule has 5 aliphatic rings. The van der Waals surface area contributed by atoms with Crippen molar-refractivity contribution in [2.75, 3.05) is 20.3 Å². The van der Waals surface area contributed by atoms with Crippen LogP contribution in [0, 0.1) is 5.92 Å². The van der Waals surface area contributed by atoms with Crippen LogP contribution in [0.3, 0.4) is 0 Å². The summed E-state index contributed by atoms with van der Waals surface area (Å²) >= 11 is 0. The summed E-state index contributed by atoms with van der Waals surface area (Å²) in [4.78, 5) is 51.5. The Morgan fingerprint density at radius 3 is 2.26 bits per heavy atom. The molecule has 11 nitrogen and oxygen atoms in total. The van der Waals surface area contributed by atoms with Crippen LogP contribution >= 0.6 is 0 Å². The summed E-state index contributed by atoms with van der Waals surface area (Å²) < 4.78 is 17.0. The van der Waals surface area contributed by atoms with Crippen LogP contribution in [-0.4, -0.2) is 68.2 Å². The fourth-order valence-corrected chi connectivity index (χ4v) is 4.91.